The van der Waals surface area contributed by atoms with E-state index < -0.39 is 11.9 Å². The van der Waals surface area contributed by atoms with Gasteiger partial charge < -0.3 is 9.47 Å². The van der Waals surface area contributed by atoms with Crippen LogP contribution in [0.3, 0.4) is 0 Å². The lowest BCUT2D eigenvalue weighted by Crippen LogP contribution is -2.12. The quantitative estimate of drug-likeness (QED) is 0.573. The monoisotopic (exact) mass is 384 g/mol. The van der Waals surface area contributed by atoms with Gasteiger partial charge in [0, 0.05) is 11.8 Å². The zero-order valence-corrected chi connectivity index (χ0v) is 16.2. The molecule has 2 aromatic rings. The van der Waals surface area contributed by atoms with Crippen LogP contribution in [0, 0.1) is 0 Å². The fourth-order valence-electron chi connectivity index (χ4n) is 2.76. The van der Waals surface area contributed by atoms with E-state index in [1.807, 2.05) is 41.2 Å². The summed E-state index contributed by atoms with van der Waals surface area (Å²) in [5.74, 6) is -0.370. The number of esters is 2. The average molecular weight is 384 g/mol. The number of thioether (sulfide) groups is 1. The molecule has 0 radical (unpaired) electrons. The number of benzene rings is 1. The topological polar surface area (TPSA) is 70.4 Å². The van der Waals surface area contributed by atoms with Gasteiger partial charge in [-0.2, -0.15) is 0 Å². The second-order valence-corrected chi connectivity index (χ2v) is 6.56. The van der Waals surface area contributed by atoms with Crippen molar-refractivity contribution in [2.75, 3.05) is 13.2 Å². The van der Waals surface area contributed by atoms with E-state index in [-0.39, 0.29) is 18.8 Å². The zero-order valence-electron chi connectivity index (χ0n) is 15.4. The Balaban J connectivity index is 2.17. The molecule has 1 aromatic heterocycles. The van der Waals surface area contributed by atoms with E-state index in [1.54, 1.807) is 13.8 Å². The Morgan fingerprint density at radius 3 is 2.63 bits per heavy atom. The normalized spacial score (nSPS) is 15.4. The molecule has 27 heavy (non-hydrogen) atoms. The van der Waals surface area contributed by atoms with Gasteiger partial charge in [0.2, 0.25) is 0 Å². The molecule has 1 aromatic carbocycles. The molecule has 2 heterocycles. The molecule has 3 rings (SSSR count). The molecule has 1 aliphatic heterocycles. The van der Waals surface area contributed by atoms with Gasteiger partial charge in [-0.15, -0.1) is 0 Å². The molecular formula is C20H20N2O4S. The van der Waals surface area contributed by atoms with Gasteiger partial charge in [-0.3, -0.25) is 4.57 Å². The predicted octanol–water partition coefficient (Wildman–Crippen LogP) is 3.99. The third kappa shape index (κ3) is 3.83. The highest BCUT2D eigenvalue weighted by Crippen LogP contribution is 2.40. The van der Waals surface area contributed by atoms with Crippen molar-refractivity contribution < 1.29 is 19.1 Å². The minimum atomic E-state index is -0.513. The van der Waals surface area contributed by atoms with Crippen molar-refractivity contribution in [3.63, 3.8) is 0 Å². The number of hydrogen-bond acceptors (Lipinski definition) is 6. The summed E-state index contributed by atoms with van der Waals surface area (Å²) in [6.45, 7) is 5.95. The van der Waals surface area contributed by atoms with Crippen molar-refractivity contribution in [2.24, 2.45) is 0 Å². The van der Waals surface area contributed by atoms with Crippen molar-refractivity contribution in [1.29, 1.82) is 0 Å². The van der Waals surface area contributed by atoms with E-state index in [4.69, 9.17) is 14.5 Å². The zero-order chi connectivity index (χ0) is 19.4. The van der Waals surface area contributed by atoms with Gasteiger partial charge in [0.05, 0.1) is 34.7 Å². The van der Waals surface area contributed by atoms with Crippen molar-refractivity contribution >= 4 is 45.3 Å². The Morgan fingerprint density at radius 1 is 1.15 bits per heavy atom. The van der Waals surface area contributed by atoms with E-state index in [2.05, 4.69) is 0 Å². The maximum atomic E-state index is 12.6. The first-order chi connectivity index (χ1) is 13.1. The fourth-order valence-corrected chi connectivity index (χ4v) is 3.67. The first-order valence-electron chi connectivity index (χ1n) is 8.64. The third-order valence-corrected chi connectivity index (χ3v) is 4.97. The Morgan fingerprint density at radius 2 is 1.89 bits per heavy atom. The van der Waals surface area contributed by atoms with Gasteiger partial charge in [-0.1, -0.05) is 23.9 Å². The maximum Gasteiger partial charge on any atom is 0.339 e. The Bertz CT molecular complexity index is 985. The number of carbonyl (C=O) groups excluding carboxylic acids is 2. The van der Waals surface area contributed by atoms with Crippen LogP contribution in [0.2, 0.25) is 0 Å². The van der Waals surface area contributed by atoms with Gasteiger partial charge in [-0.05, 0) is 44.4 Å². The smallest absolute Gasteiger partial charge is 0.339 e. The number of aromatic nitrogens is 2. The molecule has 7 heteroatoms. The van der Waals surface area contributed by atoms with E-state index in [0.717, 1.165) is 16.7 Å². The van der Waals surface area contributed by atoms with Gasteiger partial charge in [0.25, 0.3) is 0 Å². The van der Waals surface area contributed by atoms with Crippen LogP contribution >= 0.6 is 11.8 Å². The number of rotatable bonds is 5. The second-order valence-electron chi connectivity index (χ2n) is 5.69. The number of imidazole rings is 1. The van der Waals surface area contributed by atoms with Crippen LogP contribution < -0.4 is 0 Å². The summed E-state index contributed by atoms with van der Waals surface area (Å²) in [7, 11) is 0. The molecule has 140 valence electrons. The van der Waals surface area contributed by atoms with Crippen molar-refractivity contribution in [1.82, 2.24) is 9.55 Å². The standard InChI is InChI=1S/C20H20N2O4S/c1-4-25-17(23)11-10-14(20(24)26-5-2)18-19-21-15-8-6-7-9-16(15)22(19)13(3)12-27-18/h6-12H,4-5H2,1-3H3/b11-10+,18-14+. The lowest BCUT2D eigenvalue weighted by molar-refractivity contribution is -0.138. The molecule has 0 atom stereocenters. The Hall–Kier alpha value is -2.80. The summed E-state index contributed by atoms with van der Waals surface area (Å²) in [6.07, 6.45) is 2.68. The number of para-hydroxylation sites is 2. The molecule has 1 aliphatic rings. The Kier molecular flexibility index (Phi) is 5.81. The second kappa shape index (κ2) is 8.26. The third-order valence-electron chi connectivity index (χ3n) is 3.88. The van der Waals surface area contributed by atoms with Gasteiger partial charge in [0.15, 0.2) is 5.82 Å². The van der Waals surface area contributed by atoms with Gasteiger partial charge in [-0.25, -0.2) is 14.6 Å². The first kappa shape index (κ1) is 19.0. The number of nitrogens with zero attached hydrogens (tertiary/aromatic N) is 2. The highest BCUT2D eigenvalue weighted by Gasteiger charge is 2.25. The molecule has 0 N–H and O–H groups in total. The molecule has 0 saturated carbocycles. The van der Waals surface area contributed by atoms with Crippen LogP contribution in [0.15, 0.2) is 47.4 Å². The van der Waals surface area contributed by atoms with Crippen LogP contribution in [0.4, 0.5) is 0 Å². The van der Waals surface area contributed by atoms with E-state index in [1.165, 1.54) is 23.9 Å². The summed E-state index contributed by atoms with van der Waals surface area (Å²) >= 11 is 1.39. The fraction of sp³-hybridized carbons (Fsp3) is 0.250. The molecule has 0 spiro atoms. The Labute approximate surface area is 161 Å². The summed E-state index contributed by atoms with van der Waals surface area (Å²) in [5, 5.41) is 1.95. The summed E-state index contributed by atoms with van der Waals surface area (Å²) < 4.78 is 12.1. The van der Waals surface area contributed by atoms with Gasteiger partial charge >= 0.3 is 11.9 Å². The van der Waals surface area contributed by atoms with Crippen LogP contribution in [-0.2, 0) is 19.1 Å². The summed E-state index contributed by atoms with van der Waals surface area (Å²) in [5.41, 5.74) is 3.06. The van der Waals surface area contributed by atoms with E-state index in [9.17, 15) is 9.59 Å². The SMILES string of the molecule is CCOC(=O)/C=C/C(C(=O)OCC)=C1\SC=C(C)n2c1nc1ccccc12. The van der Waals surface area contributed by atoms with Crippen LogP contribution in [-0.4, -0.2) is 34.7 Å². The molecular weight excluding hydrogens is 364 g/mol. The maximum absolute atomic E-state index is 12.6. The first-order valence-corrected chi connectivity index (χ1v) is 9.52. The molecule has 0 bridgehead atoms. The molecule has 6 nitrogen and oxygen atoms in total. The minimum Gasteiger partial charge on any atom is -0.463 e. The number of ether oxygens (including phenoxy) is 2. The van der Waals surface area contributed by atoms with Crippen LogP contribution in [0.1, 0.15) is 26.6 Å². The lowest BCUT2D eigenvalue weighted by Gasteiger charge is -2.18. The number of hydrogen-bond donors (Lipinski definition) is 0. The summed E-state index contributed by atoms with van der Waals surface area (Å²) in [4.78, 5) is 29.6. The minimum absolute atomic E-state index is 0.235. The van der Waals surface area contributed by atoms with Gasteiger partial charge in [0.1, 0.15) is 0 Å². The van der Waals surface area contributed by atoms with Crippen molar-refractivity contribution in [3.8, 4) is 0 Å². The largest absolute Gasteiger partial charge is 0.463 e. The average Bonchev–Trinajstić information content (AvgIpc) is 3.04. The van der Waals surface area contributed by atoms with Crippen molar-refractivity contribution in [2.45, 2.75) is 20.8 Å². The molecule has 0 unspecified atom stereocenters. The molecule has 0 fully saturated rings. The van der Waals surface area contributed by atoms with E-state index >= 15 is 0 Å². The number of carbonyl (C=O) groups is 2. The lowest BCUT2D eigenvalue weighted by atomic mass is 10.2. The predicted molar refractivity (Wildman–Crippen MR) is 107 cm³/mol. The van der Waals surface area contributed by atoms with Crippen molar-refractivity contribution in [3.05, 3.63) is 53.2 Å². The highest BCUT2D eigenvalue weighted by atomic mass is 32.2. The number of fused-ring (bicyclic) bond motifs is 3. The number of allylic oxidation sites excluding steroid dienone is 1. The summed E-state index contributed by atoms with van der Waals surface area (Å²) in [6, 6.07) is 7.77. The molecule has 0 aliphatic carbocycles. The van der Waals surface area contributed by atoms with Crippen LogP contribution in [0.5, 0.6) is 0 Å². The highest BCUT2D eigenvalue weighted by molar-refractivity contribution is 8.11. The molecule has 0 amide bonds. The van der Waals surface area contributed by atoms with E-state index in [0.29, 0.717) is 10.7 Å². The molecule has 0 saturated heterocycles. The van der Waals surface area contributed by atoms with Crippen LogP contribution in [0.25, 0.3) is 21.6 Å².